The van der Waals surface area contributed by atoms with Gasteiger partial charge in [0, 0.05) is 17.3 Å². The highest BCUT2D eigenvalue weighted by Crippen LogP contribution is 2.21. The zero-order valence-electron chi connectivity index (χ0n) is 9.94. The minimum absolute atomic E-state index is 0.336. The van der Waals surface area contributed by atoms with Gasteiger partial charge in [-0.1, -0.05) is 18.5 Å². The molecule has 0 spiro atoms. The normalized spacial score (nSPS) is 11.9. The van der Waals surface area contributed by atoms with Crippen LogP contribution >= 0.6 is 11.6 Å². The van der Waals surface area contributed by atoms with Crippen LogP contribution in [0.25, 0.3) is 0 Å². The Hall–Kier alpha value is -1.75. The van der Waals surface area contributed by atoms with Gasteiger partial charge in [0.1, 0.15) is 0 Å². The predicted molar refractivity (Wildman–Crippen MR) is 69.9 cm³/mol. The summed E-state index contributed by atoms with van der Waals surface area (Å²) in [5.41, 5.74) is 6.08. The molecule has 0 aromatic heterocycles. The molecule has 6 heteroatoms. The van der Waals surface area contributed by atoms with Crippen LogP contribution in [-0.2, 0) is 4.79 Å². The molecule has 0 aliphatic heterocycles. The van der Waals surface area contributed by atoms with Crippen molar-refractivity contribution in [1.29, 1.82) is 0 Å². The Kier molecular flexibility index (Phi) is 4.97. The number of rotatable bonds is 6. The third kappa shape index (κ3) is 3.92. The molecular formula is C12H15ClN2O3. The van der Waals surface area contributed by atoms with E-state index >= 15 is 0 Å². The number of halogens is 1. The van der Waals surface area contributed by atoms with Gasteiger partial charge >= 0.3 is 5.97 Å². The van der Waals surface area contributed by atoms with Gasteiger partial charge in [0.2, 0.25) is 0 Å². The van der Waals surface area contributed by atoms with Crippen molar-refractivity contribution in [2.24, 2.45) is 11.7 Å². The van der Waals surface area contributed by atoms with Crippen molar-refractivity contribution in [2.45, 2.75) is 13.3 Å². The largest absolute Gasteiger partial charge is 0.481 e. The summed E-state index contributed by atoms with van der Waals surface area (Å²) in [6.07, 6.45) is 0.444. The number of carbonyl (C=O) groups is 2. The minimum Gasteiger partial charge on any atom is -0.481 e. The van der Waals surface area contributed by atoms with E-state index < -0.39 is 17.8 Å². The number of carboxylic acids is 1. The van der Waals surface area contributed by atoms with Gasteiger partial charge in [0.25, 0.3) is 5.91 Å². The predicted octanol–water partition coefficient (Wildman–Crippen LogP) is 1.96. The first kappa shape index (κ1) is 14.3. The number of carbonyl (C=O) groups excluding carboxylic acids is 1. The SMILES string of the molecule is CC(CCNc1cc(Cl)ccc1C(N)=O)C(=O)O. The Morgan fingerprint density at radius 1 is 1.50 bits per heavy atom. The van der Waals surface area contributed by atoms with Crippen molar-refractivity contribution < 1.29 is 14.7 Å². The Morgan fingerprint density at radius 2 is 2.17 bits per heavy atom. The number of nitrogens with two attached hydrogens (primary N) is 1. The first-order valence-electron chi connectivity index (χ1n) is 5.48. The Balaban J connectivity index is 2.69. The highest BCUT2D eigenvalue weighted by atomic mass is 35.5. The topological polar surface area (TPSA) is 92.4 Å². The zero-order chi connectivity index (χ0) is 13.7. The molecule has 0 fully saturated rings. The molecule has 0 saturated heterocycles. The molecule has 1 aromatic carbocycles. The van der Waals surface area contributed by atoms with Crippen LogP contribution in [0.3, 0.4) is 0 Å². The zero-order valence-corrected chi connectivity index (χ0v) is 10.7. The number of amides is 1. The van der Waals surface area contributed by atoms with Gasteiger partial charge in [-0.3, -0.25) is 9.59 Å². The summed E-state index contributed by atoms with van der Waals surface area (Å²) in [5.74, 6) is -1.85. The van der Waals surface area contributed by atoms with Gasteiger partial charge in [0.05, 0.1) is 11.5 Å². The van der Waals surface area contributed by atoms with E-state index in [-0.39, 0.29) is 0 Å². The van der Waals surface area contributed by atoms with Crippen molar-refractivity contribution in [3.8, 4) is 0 Å². The molecule has 1 aromatic rings. The molecular weight excluding hydrogens is 256 g/mol. The number of anilines is 1. The molecule has 0 aliphatic rings. The summed E-state index contributed by atoms with van der Waals surface area (Å²) in [6.45, 7) is 2.05. The third-order valence-electron chi connectivity index (χ3n) is 2.56. The van der Waals surface area contributed by atoms with Crippen LogP contribution in [0.1, 0.15) is 23.7 Å². The second kappa shape index (κ2) is 6.26. The van der Waals surface area contributed by atoms with Crippen molar-refractivity contribution in [3.05, 3.63) is 28.8 Å². The molecule has 1 amide bonds. The second-order valence-corrected chi connectivity index (χ2v) is 4.45. The van der Waals surface area contributed by atoms with Crippen LogP contribution < -0.4 is 11.1 Å². The monoisotopic (exact) mass is 270 g/mol. The van der Waals surface area contributed by atoms with Crippen LogP contribution in [0.15, 0.2) is 18.2 Å². The number of nitrogens with one attached hydrogen (secondary N) is 1. The fourth-order valence-corrected chi connectivity index (χ4v) is 1.60. The third-order valence-corrected chi connectivity index (χ3v) is 2.80. The molecule has 5 nitrogen and oxygen atoms in total. The van der Waals surface area contributed by atoms with E-state index in [0.29, 0.717) is 29.2 Å². The summed E-state index contributed by atoms with van der Waals surface area (Å²) in [4.78, 5) is 21.8. The number of primary amides is 1. The van der Waals surface area contributed by atoms with E-state index in [2.05, 4.69) is 5.32 Å². The quantitative estimate of drug-likeness (QED) is 0.737. The molecule has 1 rings (SSSR count). The van der Waals surface area contributed by atoms with Crippen molar-refractivity contribution in [1.82, 2.24) is 0 Å². The Labute approximate surface area is 110 Å². The van der Waals surface area contributed by atoms with Crippen LogP contribution in [0.4, 0.5) is 5.69 Å². The molecule has 1 atom stereocenters. The van der Waals surface area contributed by atoms with E-state index in [1.54, 1.807) is 19.1 Å². The first-order chi connectivity index (χ1) is 8.41. The molecule has 4 N–H and O–H groups in total. The van der Waals surface area contributed by atoms with E-state index in [1.165, 1.54) is 6.07 Å². The van der Waals surface area contributed by atoms with Gasteiger partial charge < -0.3 is 16.2 Å². The molecule has 0 bridgehead atoms. The lowest BCUT2D eigenvalue weighted by Crippen LogP contribution is -2.17. The maximum absolute atomic E-state index is 11.2. The average Bonchev–Trinajstić information content (AvgIpc) is 2.28. The Bertz CT molecular complexity index is 463. The summed E-state index contributed by atoms with van der Waals surface area (Å²) in [6, 6.07) is 4.70. The van der Waals surface area contributed by atoms with Gasteiger partial charge in [-0.2, -0.15) is 0 Å². The van der Waals surface area contributed by atoms with Crippen LogP contribution in [0.5, 0.6) is 0 Å². The van der Waals surface area contributed by atoms with Gasteiger partial charge in [0.15, 0.2) is 0 Å². The summed E-state index contributed by atoms with van der Waals surface area (Å²) < 4.78 is 0. The van der Waals surface area contributed by atoms with Gasteiger partial charge in [-0.25, -0.2) is 0 Å². The number of aliphatic carboxylic acids is 1. The summed E-state index contributed by atoms with van der Waals surface area (Å²) in [5, 5.41) is 12.2. The van der Waals surface area contributed by atoms with E-state index in [9.17, 15) is 9.59 Å². The number of hydrogen-bond acceptors (Lipinski definition) is 3. The van der Waals surface area contributed by atoms with E-state index in [4.69, 9.17) is 22.4 Å². The molecule has 0 aliphatic carbocycles. The number of benzene rings is 1. The molecule has 0 saturated carbocycles. The highest BCUT2D eigenvalue weighted by Gasteiger charge is 2.12. The fourth-order valence-electron chi connectivity index (χ4n) is 1.42. The van der Waals surface area contributed by atoms with E-state index in [1.807, 2.05) is 0 Å². The lowest BCUT2D eigenvalue weighted by atomic mass is 10.1. The first-order valence-corrected chi connectivity index (χ1v) is 5.85. The van der Waals surface area contributed by atoms with Gasteiger partial charge in [-0.15, -0.1) is 0 Å². The summed E-state index contributed by atoms with van der Waals surface area (Å²) >= 11 is 5.83. The van der Waals surface area contributed by atoms with Crippen molar-refractivity contribution >= 4 is 29.2 Å². The van der Waals surface area contributed by atoms with Crippen LogP contribution in [0, 0.1) is 5.92 Å². The molecule has 0 heterocycles. The smallest absolute Gasteiger partial charge is 0.306 e. The fraction of sp³-hybridized carbons (Fsp3) is 0.333. The Morgan fingerprint density at radius 3 is 2.72 bits per heavy atom. The highest BCUT2D eigenvalue weighted by molar-refractivity contribution is 6.31. The minimum atomic E-state index is -0.849. The van der Waals surface area contributed by atoms with Crippen molar-refractivity contribution in [2.75, 3.05) is 11.9 Å². The molecule has 1 unspecified atom stereocenters. The number of carboxylic acid groups (broad SMARTS) is 1. The molecule has 98 valence electrons. The van der Waals surface area contributed by atoms with Gasteiger partial charge in [-0.05, 0) is 24.6 Å². The summed E-state index contributed by atoms with van der Waals surface area (Å²) in [7, 11) is 0. The number of hydrogen-bond donors (Lipinski definition) is 3. The molecule has 18 heavy (non-hydrogen) atoms. The maximum atomic E-state index is 11.2. The molecule has 0 radical (unpaired) electrons. The van der Waals surface area contributed by atoms with Crippen molar-refractivity contribution in [3.63, 3.8) is 0 Å². The lowest BCUT2D eigenvalue weighted by Gasteiger charge is -2.12. The van der Waals surface area contributed by atoms with E-state index in [0.717, 1.165) is 0 Å². The van der Waals surface area contributed by atoms with Crippen LogP contribution in [0.2, 0.25) is 5.02 Å². The second-order valence-electron chi connectivity index (χ2n) is 4.01. The average molecular weight is 271 g/mol. The maximum Gasteiger partial charge on any atom is 0.306 e. The standard InChI is InChI=1S/C12H15ClN2O3/c1-7(12(17)18)4-5-15-10-6-8(13)2-3-9(10)11(14)16/h2-3,6-7,15H,4-5H2,1H3,(H2,14,16)(H,17,18). The lowest BCUT2D eigenvalue weighted by molar-refractivity contribution is -0.141. The van der Waals surface area contributed by atoms with Crippen LogP contribution in [-0.4, -0.2) is 23.5 Å².